The zero-order valence-electron chi connectivity index (χ0n) is 11.9. The van der Waals surface area contributed by atoms with Crippen LogP contribution in [0, 0.1) is 5.92 Å². The number of nitrogens with one attached hydrogen (secondary N) is 2. The van der Waals surface area contributed by atoms with Crippen LogP contribution in [0.4, 0.5) is 0 Å². The molecular formula is C15H25N2OS+. The molecule has 106 valence electrons. The Hall–Kier alpha value is -0.870. The van der Waals surface area contributed by atoms with Crippen LogP contribution < -0.4 is 10.2 Å². The van der Waals surface area contributed by atoms with Crippen LogP contribution >= 0.6 is 11.3 Å². The van der Waals surface area contributed by atoms with Crippen molar-refractivity contribution in [2.24, 2.45) is 5.92 Å². The van der Waals surface area contributed by atoms with Crippen LogP contribution in [0.15, 0.2) is 16.8 Å². The molecule has 19 heavy (non-hydrogen) atoms. The van der Waals surface area contributed by atoms with Crippen LogP contribution in [0.2, 0.25) is 0 Å². The number of thiophene rings is 1. The van der Waals surface area contributed by atoms with Crippen LogP contribution in [0.1, 0.15) is 38.2 Å². The summed E-state index contributed by atoms with van der Waals surface area (Å²) in [6.07, 6.45) is 4.97. The Kier molecular flexibility index (Phi) is 5.40. The minimum absolute atomic E-state index is 0.200. The van der Waals surface area contributed by atoms with E-state index >= 15 is 0 Å². The first-order valence-electron chi connectivity index (χ1n) is 7.27. The van der Waals surface area contributed by atoms with E-state index in [9.17, 15) is 4.79 Å². The number of rotatable bonds is 5. The number of carbonyl (C=O) groups is 1. The maximum Gasteiger partial charge on any atom is 0.275 e. The summed E-state index contributed by atoms with van der Waals surface area (Å²) < 4.78 is 0. The summed E-state index contributed by atoms with van der Waals surface area (Å²) in [6, 6.07) is 2.53. The minimum Gasteiger partial charge on any atom is -0.348 e. The average molecular weight is 281 g/mol. The van der Waals surface area contributed by atoms with Crippen molar-refractivity contribution in [1.82, 2.24) is 5.32 Å². The van der Waals surface area contributed by atoms with Gasteiger partial charge in [0.1, 0.15) is 6.54 Å². The topological polar surface area (TPSA) is 33.5 Å². The highest BCUT2D eigenvalue weighted by atomic mass is 32.1. The molecule has 1 saturated carbocycles. The average Bonchev–Trinajstić information content (AvgIpc) is 2.84. The van der Waals surface area contributed by atoms with Crippen molar-refractivity contribution in [3.05, 3.63) is 22.4 Å². The molecule has 0 radical (unpaired) electrons. The van der Waals surface area contributed by atoms with Crippen molar-refractivity contribution in [2.45, 2.75) is 45.2 Å². The molecule has 3 atom stereocenters. The van der Waals surface area contributed by atoms with Crippen molar-refractivity contribution < 1.29 is 9.69 Å². The highest BCUT2D eigenvalue weighted by molar-refractivity contribution is 7.07. The molecule has 0 aliphatic heterocycles. The van der Waals surface area contributed by atoms with Crippen molar-refractivity contribution in [2.75, 3.05) is 13.6 Å². The molecule has 1 fully saturated rings. The minimum atomic E-state index is 0.200. The monoisotopic (exact) mass is 281 g/mol. The highest BCUT2D eigenvalue weighted by Crippen LogP contribution is 2.23. The molecule has 2 N–H and O–H groups in total. The molecule has 2 rings (SSSR count). The molecule has 1 aromatic rings. The van der Waals surface area contributed by atoms with Crippen LogP contribution in [0.5, 0.6) is 0 Å². The van der Waals surface area contributed by atoms with Crippen molar-refractivity contribution >= 4 is 17.2 Å². The van der Waals surface area contributed by atoms with Gasteiger partial charge in [0.2, 0.25) is 0 Å². The fourth-order valence-corrected chi connectivity index (χ4v) is 3.54. The van der Waals surface area contributed by atoms with Crippen molar-refractivity contribution in [3.8, 4) is 0 Å². The van der Waals surface area contributed by atoms with E-state index in [4.69, 9.17) is 0 Å². The Balaban J connectivity index is 1.74. The van der Waals surface area contributed by atoms with Crippen LogP contribution in [0.25, 0.3) is 0 Å². The maximum absolute atomic E-state index is 12.1. The van der Waals surface area contributed by atoms with Gasteiger partial charge in [-0.3, -0.25) is 4.79 Å². The first kappa shape index (κ1) is 14.5. The van der Waals surface area contributed by atoms with Crippen LogP contribution in [-0.4, -0.2) is 25.5 Å². The molecule has 0 spiro atoms. The lowest BCUT2D eigenvalue weighted by Gasteiger charge is -2.29. The fraction of sp³-hybridized carbons (Fsp3) is 0.667. The third-order valence-corrected chi connectivity index (χ3v) is 4.74. The summed E-state index contributed by atoms with van der Waals surface area (Å²) >= 11 is 1.72. The normalized spacial score (nSPS) is 24.9. The molecule has 1 aromatic heterocycles. The number of carbonyl (C=O) groups excluding carboxylic acids is 1. The van der Waals surface area contributed by atoms with Gasteiger partial charge in [-0.2, -0.15) is 11.3 Å². The van der Waals surface area contributed by atoms with Gasteiger partial charge in [-0.05, 0) is 35.6 Å². The summed E-state index contributed by atoms with van der Waals surface area (Å²) in [4.78, 5) is 13.3. The molecule has 3 nitrogen and oxygen atoms in total. The standard InChI is InChI=1S/C15H24N2OS/c1-12-5-3-4-6-14(12)16-15(18)10-17(2)9-13-7-8-19-11-13/h7-8,11-12,14H,3-6,9-10H2,1-2H3,(H,16,18)/p+1/t12-,14-/m0/s1. The summed E-state index contributed by atoms with van der Waals surface area (Å²) in [5, 5.41) is 7.47. The maximum atomic E-state index is 12.1. The van der Waals surface area contributed by atoms with Gasteiger partial charge in [-0.1, -0.05) is 19.8 Å². The fourth-order valence-electron chi connectivity index (χ4n) is 2.87. The van der Waals surface area contributed by atoms with Gasteiger partial charge in [-0.15, -0.1) is 0 Å². The van der Waals surface area contributed by atoms with E-state index in [2.05, 4.69) is 36.1 Å². The van der Waals surface area contributed by atoms with Gasteiger partial charge in [0.15, 0.2) is 6.54 Å². The second-order valence-electron chi connectivity index (χ2n) is 5.88. The smallest absolute Gasteiger partial charge is 0.275 e. The van der Waals surface area contributed by atoms with Crippen molar-refractivity contribution in [3.63, 3.8) is 0 Å². The molecule has 0 saturated heterocycles. The Morgan fingerprint density at radius 2 is 2.26 bits per heavy atom. The van der Waals surface area contributed by atoms with Gasteiger partial charge in [0.25, 0.3) is 5.91 Å². The van der Waals surface area contributed by atoms with Gasteiger partial charge in [-0.25, -0.2) is 0 Å². The summed E-state index contributed by atoms with van der Waals surface area (Å²) in [5.74, 6) is 0.835. The van der Waals surface area contributed by atoms with E-state index in [1.807, 2.05) is 0 Å². The van der Waals surface area contributed by atoms with E-state index in [0.717, 1.165) is 13.0 Å². The van der Waals surface area contributed by atoms with Crippen molar-refractivity contribution in [1.29, 1.82) is 0 Å². The number of amides is 1. The van der Waals surface area contributed by atoms with E-state index in [0.29, 0.717) is 18.5 Å². The SMILES string of the molecule is C[C@H]1CCCC[C@@H]1NC(=O)C[NH+](C)Cc1ccsc1. The Bertz CT molecular complexity index is 391. The van der Waals surface area contributed by atoms with Gasteiger partial charge in [0.05, 0.1) is 7.05 Å². The predicted octanol–water partition coefficient (Wildman–Crippen LogP) is 1.46. The van der Waals surface area contributed by atoms with Crippen LogP contribution in [-0.2, 0) is 11.3 Å². The van der Waals surface area contributed by atoms with E-state index in [1.165, 1.54) is 29.7 Å². The molecule has 1 aliphatic rings. The lowest BCUT2D eigenvalue weighted by Crippen LogP contribution is -3.09. The molecule has 4 heteroatoms. The van der Waals surface area contributed by atoms with E-state index in [1.54, 1.807) is 11.3 Å². The molecule has 0 aromatic carbocycles. The Morgan fingerprint density at radius 1 is 1.47 bits per heavy atom. The molecule has 1 aliphatic carbocycles. The third-order valence-electron chi connectivity index (χ3n) is 4.01. The lowest BCUT2D eigenvalue weighted by molar-refractivity contribution is -0.885. The van der Waals surface area contributed by atoms with Gasteiger partial charge >= 0.3 is 0 Å². The Morgan fingerprint density at radius 3 is 2.95 bits per heavy atom. The molecule has 1 unspecified atom stereocenters. The molecule has 1 amide bonds. The van der Waals surface area contributed by atoms with E-state index < -0.39 is 0 Å². The zero-order valence-corrected chi connectivity index (χ0v) is 12.8. The van der Waals surface area contributed by atoms with Gasteiger partial charge in [0, 0.05) is 11.6 Å². The number of hydrogen-bond acceptors (Lipinski definition) is 2. The highest BCUT2D eigenvalue weighted by Gasteiger charge is 2.23. The lowest BCUT2D eigenvalue weighted by atomic mass is 9.86. The van der Waals surface area contributed by atoms with Crippen LogP contribution in [0.3, 0.4) is 0 Å². The Labute approximate surface area is 120 Å². The quantitative estimate of drug-likeness (QED) is 0.842. The second kappa shape index (κ2) is 7.06. The first-order chi connectivity index (χ1) is 9.15. The number of hydrogen-bond donors (Lipinski definition) is 2. The largest absolute Gasteiger partial charge is 0.348 e. The second-order valence-corrected chi connectivity index (χ2v) is 6.66. The zero-order chi connectivity index (χ0) is 13.7. The summed E-state index contributed by atoms with van der Waals surface area (Å²) in [5.41, 5.74) is 1.32. The number of likely N-dealkylation sites (N-methyl/N-ethyl adjacent to an activating group) is 1. The predicted molar refractivity (Wildman–Crippen MR) is 79.3 cm³/mol. The summed E-state index contributed by atoms with van der Waals surface area (Å²) in [7, 11) is 2.08. The third kappa shape index (κ3) is 4.62. The van der Waals surface area contributed by atoms with E-state index in [-0.39, 0.29) is 5.91 Å². The van der Waals surface area contributed by atoms with Gasteiger partial charge < -0.3 is 10.2 Å². The number of quaternary nitrogens is 1. The molecule has 0 bridgehead atoms. The molecular weight excluding hydrogens is 256 g/mol. The first-order valence-corrected chi connectivity index (χ1v) is 8.21. The summed E-state index contributed by atoms with van der Waals surface area (Å²) in [6.45, 7) is 3.75. The molecule has 1 heterocycles.